The second-order valence-corrected chi connectivity index (χ2v) is 9.12. The van der Waals surface area contributed by atoms with Gasteiger partial charge >= 0.3 is 0 Å². The number of hydrogen-bond acceptors (Lipinski definition) is 2. The maximum absolute atomic E-state index is 6.79. The highest BCUT2D eigenvalue weighted by molar-refractivity contribution is 6.39. The SMILES string of the molecule is Clc1cc2cc3ccccc3cc2c2c1Nc1c(c(Cl)cc3cc4ccccc4cc13)N2. The van der Waals surface area contributed by atoms with E-state index in [9.17, 15) is 0 Å². The van der Waals surface area contributed by atoms with Crippen LogP contribution < -0.4 is 10.6 Å². The number of halogens is 2. The van der Waals surface area contributed by atoms with Gasteiger partial charge in [-0.25, -0.2) is 0 Å². The number of nitrogens with one attached hydrogen (secondary N) is 2. The second kappa shape index (κ2) is 6.52. The van der Waals surface area contributed by atoms with Gasteiger partial charge in [-0.2, -0.15) is 0 Å². The maximum atomic E-state index is 6.79. The van der Waals surface area contributed by atoms with E-state index in [1.54, 1.807) is 0 Å². The molecular weight excluding hydrogens is 435 g/mol. The van der Waals surface area contributed by atoms with Gasteiger partial charge in [-0.05, 0) is 68.7 Å². The lowest BCUT2D eigenvalue weighted by atomic mass is 9.97. The van der Waals surface area contributed by atoms with E-state index in [2.05, 4.69) is 83.4 Å². The Hall–Kier alpha value is -3.46. The van der Waals surface area contributed by atoms with Crippen molar-refractivity contribution in [3.8, 4) is 0 Å². The molecule has 1 heterocycles. The van der Waals surface area contributed by atoms with Crippen molar-refractivity contribution >= 4 is 89.0 Å². The Labute approximate surface area is 194 Å². The third kappa shape index (κ3) is 2.54. The Morgan fingerprint density at radius 2 is 0.781 bits per heavy atom. The van der Waals surface area contributed by atoms with Gasteiger partial charge < -0.3 is 10.6 Å². The largest absolute Gasteiger partial charge is 0.350 e. The molecule has 1 aliphatic rings. The Kier molecular flexibility index (Phi) is 3.70. The van der Waals surface area contributed by atoms with Gasteiger partial charge in [-0.3, -0.25) is 0 Å². The monoisotopic (exact) mass is 450 g/mol. The Balaban J connectivity index is 1.52. The van der Waals surface area contributed by atoms with Crippen LogP contribution in [0.25, 0.3) is 43.1 Å². The third-order valence-corrected chi connectivity index (χ3v) is 7.01. The first-order valence-electron chi connectivity index (χ1n) is 10.5. The summed E-state index contributed by atoms with van der Waals surface area (Å²) in [5.74, 6) is 0. The summed E-state index contributed by atoms with van der Waals surface area (Å²) in [6, 6.07) is 29.6. The maximum Gasteiger partial charge on any atom is 0.0820 e. The van der Waals surface area contributed by atoms with Crippen molar-refractivity contribution in [2.24, 2.45) is 0 Å². The van der Waals surface area contributed by atoms with Crippen LogP contribution >= 0.6 is 23.2 Å². The lowest BCUT2D eigenvalue weighted by molar-refractivity contribution is 1.49. The highest BCUT2D eigenvalue weighted by atomic mass is 35.5. The van der Waals surface area contributed by atoms with E-state index in [-0.39, 0.29) is 0 Å². The van der Waals surface area contributed by atoms with Crippen LogP contribution in [-0.2, 0) is 0 Å². The lowest BCUT2D eigenvalue weighted by Crippen LogP contribution is -2.08. The molecule has 0 aliphatic carbocycles. The summed E-state index contributed by atoms with van der Waals surface area (Å²) < 4.78 is 0. The van der Waals surface area contributed by atoms with Crippen molar-refractivity contribution in [3.63, 3.8) is 0 Å². The zero-order valence-electron chi connectivity index (χ0n) is 16.8. The first-order valence-corrected chi connectivity index (χ1v) is 11.3. The minimum Gasteiger partial charge on any atom is -0.350 e. The number of benzene rings is 6. The Morgan fingerprint density at radius 1 is 0.406 bits per heavy atom. The summed E-state index contributed by atoms with van der Waals surface area (Å²) >= 11 is 13.6. The van der Waals surface area contributed by atoms with Crippen LogP contribution in [0, 0.1) is 0 Å². The van der Waals surface area contributed by atoms with Gasteiger partial charge in [0.15, 0.2) is 0 Å². The van der Waals surface area contributed by atoms with Crippen LogP contribution in [0.15, 0.2) is 84.9 Å². The van der Waals surface area contributed by atoms with Gasteiger partial charge in [-0.1, -0.05) is 71.7 Å². The minimum absolute atomic E-state index is 0.676. The molecule has 4 heteroatoms. The predicted octanol–water partition coefficient (Wildman–Crippen LogP) is 9.41. The molecule has 2 N–H and O–H groups in total. The van der Waals surface area contributed by atoms with Gasteiger partial charge in [0.2, 0.25) is 0 Å². The first-order chi connectivity index (χ1) is 15.7. The van der Waals surface area contributed by atoms with Crippen molar-refractivity contribution < 1.29 is 0 Å². The molecule has 0 atom stereocenters. The zero-order chi connectivity index (χ0) is 21.4. The van der Waals surface area contributed by atoms with Crippen molar-refractivity contribution in [2.45, 2.75) is 0 Å². The predicted molar refractivity (Wildman–Crippen MR) is 139 cm³/mol. The number of hydrogen-bond donors (Lipinski definition) is 2. The molecular formula is C28H16Cl2N2. The number of fused-ring (bicyclic) bond motifs is 8. The molecule has 0 unspecified atom stereocenters. The summed E-state index contributed by atoms with van der Waals surface area (Å²) in [6.07, 6.45) is 0. The normalized spacial score (nSPS) is 12.6. The van der Waals surface area contributed by atoms with Gasteiger partial charge in [0.1, 0.15) is 0 Å². The molecule has 6 aromatic rings. The fourth-order valence-corrected chi connectivity index (χ4v) is 5.39. The summed E-state index contributed by atoms with van der Waals surface area (Å²) in [5.41, 5.74) is 3.65. The molecule has 7 rings (SSSR count). The molecule has 32 heavy (non-hydrogen) atoms. The average Bonchev–Trinajstić information content (AvgIpc) is 2.81. The standard InChI is InChI=1S/C28H16Cl2N2/c29-23-13-19-9-15-5-1-3-7-17(15)11-21(19)25-27(23)32-26-22-12-18-8-4-2-6-16(18)10-20(22)14-24(30)28(26)31-25/h1-14,31-32H. The second-order valence-electron chi connectivity index (χ2n) is 8.31. The van der Waals surface area contributed by atoms with E-state index in [0.29, 0.717) is 10.0 Å². The summed E-state index contributed by atoms with van der Waals surface area (Å²) in [6.45, 7) is 0. The molecule has 1 aliphatic heterocycles. The number of anilines is 4. The van der Waals surface area contributed by atoms with Crippen molar-refractivity contribution in [3.05, 3.63) is 95.0 Å². The van der Waals surface area contributed by atoms with Crippen LogP contribution in [0.1, 0.15) is 0 Å². The van der Waals surface area contributed by atoms with Crippen LogP contribution in [0.4, 0.5) is 22.7 Å². The van der Waals surface area contributed by atoms with Gasteiger partial charge in [0.25, 0.3) is 0 Å². The molecule has 2 nitrogen and oxygen atoms in total. The summed E-state index contributed by atoms with van der Waals surface area (Å²) in [7, 11) is 0. The fraction of sp³-hybridized carbons (Fsp3) is 0. The summed E-state index contributed by atoms with van der Waals surface area (Å²) in [4.78, 5) is 0. The van der Waals surface area contributed by atoms with Crippen molar-refractivity contribution in [1.29, 1.82) is 0 Å². The van der Waals surface area contributed by atoms with E-state index < -0.39 is 0 Å². The topological polar surface area (TPSA) is 24.1 Å². The van der Waals surface area contributed by atoms with Gasteiger partial charge in [0.05, 0.1) is 32.8 Å². The smallest absolute Gasteiger partial charge is 0.0820 e. The molecule has 152 valence electrons. The third-order valence-electron chi connectivity index (χ3n) is 6.42. The molecule has 6 aromatic carbocycles. The molecule has 0 radical (unpaired) electrons. The van der Waals surface area contributed by atoms with Gasteiger partial charge in [0, 0.05) is 10.8 Å². The molecule has 0 spiro atoms. The highest BCUT2D eigenvalue weighted by Crippen LogP contribution is 2.51. The lowest BCUT2D eigenvalue weighted by Gasteiger charge is -2.28. The van der Waals surface area contributed by atoms with Crippen LogP contribution in [-0.4, -0.2) is 0 Å². The molecule has 0 fully saturated rings. The molecule has 0 bridgehead atoms. The first kappa shape index (κ1) is 18.1. The van der Waals surface area contributed by atoms with E-state index in [0.717, 1.165) is 44.3 Å². The van der Waals surface area contributed by atoms with Crippen LogP contribution in [0.2, 0.25) is 10.0 Å². The fourth-order valence-electron chi connectivity index (χ4n) is 4.87. The summed E-state index contributed by atoms with van der Waals surface area (Å²) in [5, 5.41) is 17.7. The van der Waals surface area contributed by atoms with E-state index >= 15 is 0 Å². The highest BCUT2D eigenvalue weighted by Gasteiger charge is 2.24. The van der Waals surface area contributed by atoms with E-state index in [1.165, 1.54) is 21.5 Å². The van der Waals surface area contributed by atoms with E-state index in [4.69, 9.17) is 23.2 Å². The van der Waals surface area contributed by atoms with Gasteiger partial charge in [-0.15, -0.1) is 0 Å². The molecule has 0 aromatic heterocycles. The Morgan fingerprint density at radius 3 is 1.19 bits per heavy atom. The molecule has 0 amide bonds. The minimum atomic E-state index is 0.676. The molecule has 0 saturated carbocycles. The van der Waals surface area contributed by atoms with Crippen molar-refractivity contribution in [2.75, 3.05) is 10.6 Å². The quantitative estimate of drug-likeness (QED) is 0.225. The zero-order valence-corrected chi connectivity index (χ0v) is 18.4. The average molecular weight is 451 g/mol. The van der Waals surface area contributed by atoms with E-state index in [1.807, 2.05) is 12.1 Å². The van der Waals surface area contributed by atoms with Crippen LogP contribution in [0.5, 0.6) is 0 Å². The number of rotatable bonds is 0. The van der Waals surface area contributed by atoms with Crippen molar-refractivity contribution in [1.82, 2.24) is 0 Å². The Bertz CT molecular complexity index is 1620. The molecule has 0 saturated heterocycles. The van der Waals surface area contributed by atoms with Crippen LogP contribution in [0.3, 0.4) is 0 Å².